The predicted molar refractivity (Wildman–Crippen MR) is 131 cm³/mol. The molecule has 30 heavy (non-hydrogen) atoms. The van der Waals surface area contributed by atoms with Gasteiger partial charge >= 0.3 is 0 Å². The normalized spacial score (nSPS) is 19.2. The molecule has 0 aromatic heterocycles. The van der Waals surface area contributed by atoms with Crippen LogP contribution in [-0.2, 0) is 4.79 Å². The molecule has 0 aromatic rings. The molecule has 3 atom stereocenters. The second-order valence-corrected chi connectivity index (χ2v) is 8.98. The molecule has 1 aliphatic carbocycles. The number of rotatable bonds is 7. The third-order valence-electron chi connectivity index (χ3n) is 5.75. The van der Waals surface area contributed by atoms with Gasteiger partial charge < -0.3 is 5.32 Å². The Labute approximate surface area is 184 Å². The van der Waals surface area contributed by atoms with Crippen LogP contribution in [0.1, 0.15) is 61.3 Å². The quantitative estimate of drug-likeness (QED) is 0.285. The number of carbonyl (C=O) groups is 1. The molecule has 1 N–H and O–H groups in total. The summed E-state index contributed by atoms with van der Waals surface area (Å²) in [6.07, 6.45) is 17.8. The van der Waals surface area contributed by atoms with Crippen molar-refractivity contribution in [2.75, 3.05) is 0 Å². The molecule has 0 radical (unpaired) electrons. The van der Waals surface area contributed by atoms with E-state index in [2.05, 4.69) is 90.4 Å². The summed E-state index contributed by atoms with van der Waals surface area (Å²) in [7, 11) is 0. The minimum atomic E-state index is -0.00723. The van der Waals surface area contributed by atoms with Gasteiger partial charge in [-0.15, -0.1) is 0 Å². The monoisotopic (exact) mass is 405 g/mol. The van der Waals surface area contributed by atoms with Gasteiger partial charge in [0.25, 0.3) is 0 Å². The van der Waals surface area contributed by atoms with Crippen LogP contribution in [0.25, 0.3) is 0 Å². The van der Waals surface area contributed by atoms with Crippen molar-refractivity contribution in [2.45, 2.75) is 67.3 Å². The van der Waals surface area contributed by atoms with Crippen LogP contribution < -0.4 is 5.32 Å². The van der Waals surface area contributed by atoms with Crippen LogP contribution in [0, 0.1) is 29.1 Å². The zero-order valence-corrected chi connectivity index (χ0v) is 19.9. The number of allylic oxidation sites excluding steroid dienone is 10. The largest absolute Gasteiger partial charge is 0.349 e. The molecular weight excluding hydrogens is 366 g/mol. The average molecular weight is 406 g/mol. The molecule has 2 nitrogen and oxygen atoms in total. The fraction of sp³-hybridized carbons (Fsp3) is 0.464. The Morgan fingerprint density at radius 1 is 1.20 bits per heavy atom. The summed E-state index contributed by atoms with van der Waals surface area (Å²) in [5.74, 6) is 7.01. The Balaban J connectivity index is 3.16. The number of carbonyl (C=O) groups excluding carboxylic acids is 1. The maximum atomic E-state index is 12.9. The summed E-state index contributed by atoms with van der Waals surface area (Å²) in [5.41, 5.74) is 2.69. The predicted octanol–water partition coefficient (Wildman–Crippen LogP) is 6.70. The van der Waals surface area contributed by atoms with E-state index in [9.17, 15) is 4.79 Å². The molecule has 0 aromatic carbocycles. The summed E-state index contributed by atoms with van der Waals surface area (Å²) in [4.78, 5) is 12.9. The van der Waals surface area contributed by atoms with Crippen molar-refractivity contribution in [1.82, 2.24) is 5.32 Å². The van der Waals surface area contributed by atoms with Crippen LogP contribution in [0.3, 0.4) is 0 Å². The highest BCUT2D eigenvalue weighted by atomic mass is 16.1. The van der Waals surface area contributed by atoms with E-state index in [0.29, 0.717) is 5.92 Å². The Morgan fingerprint density at radius 3 is 2.47 bits per heavy atom. The minimum absolute atomic E-state index is 0.00723. The molecule has 1 aliphatic rings. The second-order valence-electron chi connectivity index (χ2n) is 8.98. The molecule has 162 valence electrons. The molecule has 0 bridgehead atoms. The Hall–Kier alpha value is -2.53. The number of hydrogen-bond donors (Lipinski definition) is 1. The summed E-state index contributed by atoms with van der Waals surface area (Å²) in [5, 5.41) is 3.16. The van der Waals surface area contributed by atoms with Crippen molar-refractivity contribution in [1.29, 1.82) is 0 Å². The van der Waals surface area contributed by atoms with Gasteiger partial charge in [-0.1, -0.05) is 102 Å². The molecule has 0 saturated heterocycles. The van der Waals surface area contributed by atoms with Crippen LogP contribution >= 0.6 is 0 Å². The third-order valence-corrected chi connectivity index (χ3v) is 5.75. The Kier molecular flexibility index (Phi) is 10.4. The van der Waals surface area contributed by atoms with Crippen molar-refractivity contribution in [2.24, 2.45) is 17.3 Å². The van der Waals surface area contributed by atoms with Gasteiger partial charge in [-0.2, -0.15) is 0 Å². The first-order chi connectivity index (χ1) is 14.1. The maximum absolute atomic E-state index is 12.9. The Bertz CT molecular complexity index is 815. The lowest BCUT2D eigenvalue weighted by Crippen LogP contribution is -2.42. The van der Waals surface area contributed by atoms with E-state index >= 15 is 0 Å². The SMILES string of the molecule is C=CC(C#CC1=CC=CC=CC1CC)=CC=C(C(=O)NC(C)C(C)(C)C)C(C)CC. The first-order valence-electron chi connectivity index (χ1n) is 11.1. The average Bonchev–Trinajstić information content (AvgIpc) is 2.94. The van der Waals surface area contributed by atoms with Gasteiger partial charge in [-0.25, -0.2) is 0 Å². The first-order valence-corrected chi connectivity index (χ1v) is 11.1. The van der Waals surface area contributed by atoms with Crippen LogP contribution in [0.15, 0.2) is 71.9 Å². The van der Waals surface area contributed by atoms with E-state index in [0.717, 1.165) is 29.6 Å². The fourth-order valence-electron chi connectivity index (χ4n) is 2.80. The van der Waals surface area contributed by atoms with Gasteiger partial charge in [0.2, 0.25) is 5.91 Å². The maximum Gasteiger partial charge on any atom is 0.247 e. The van der Waals surface area contributed by atoms with Gasteiger partial charge in [-0.05, 0) is 37.2 Å². The van der Waals surface area contributed by atoms with Gasteiger partial charge in [0.05, 0.1) is 0 Å². The van der Waals surface area contributed by atoms with Gasteiger partial charge in [0.15, 0.2) is 0 Å². The first kappa shape index (κ1) is 25.5. The van der Waals surface area contributed by atoms with Crippen molar-refractivity contribution in [3.05, 3.63) is 71.9 Å². The van der Waals surface area contributed by atoms with E-state index in [1.54, 1.807) is 6.08 Å². The summed E-state index contributed by atoms with van der Waals surface area (Å²) >= 11 is 0. The van der Waals surface area contributed by atoms with E-state index in [1.165, 1.54) is 0 Å². The number of hydrogen-bond acceptors (Lipinski definition) is 1. The van der Waals surface area contributed by atoms with E-state index in [1.807, 2.05) is 24.3 Å². The highest BCUT2D eigenvalue weighted by Gasteiger charge is 2.24. The van der Waals surface area contributed by atoms with Crippen molar-refractivity contribution in [3.63, 3.8) is 0 Å². The molecule has 2 heteroatoms. The molecule has 3 unspecified atom stereocenters. The van der Waals surface area contributed by atoms with Crippen molar-refractivity contribution in [3.8, 4) is 11.8 Å². The molecule has 0 heterocycles. The van der Waals surface area contributed by atoms with Crippen LogP contribution in [0.4, 0.5) is 0 Å². The molecular formula is C28H39NO. The van der Waals surface area contributed by atoms with Crippen LogP contribution in [-0.4, -0.2) is 11.9 Å². The van der Waals surface area contributed by atoms with Gasteiger partial charge in [0, 0.05) is 28.7 Å². The minimum Gasteiger partial charge on any atom is -0.349 e. The molecule has 0 spiro atoms. The molecule has 0 saturated carbocycles. The highest BCUT2D eigenvalue weighted by molar-refractivity contribution is 5.94. The van der Waals surface area contributed by atoms with E-state index in [-0.39, 0.29) is 23.3 Å². The molecule has 1 amide bonds. The summed E-state index contributed by atoms with van der Waals surface area (Å²) < 4.78 is 0. The zero-order valence-electron chi connectivity index (χ0n) is 19.9. The highest BCUT2D eigenvalue weighted by Crippen LogP contribution is 2.21. The topological polar surface area (TPSA) is 29.1 Å². The van der Waals surface area contributed by atoms with Gasteiger partial charge in [-0.3, -0.25) is 4.79 Å². The van der Waals surface area contributed by atoms with E-state index in [4.69, 9.17) is 0 Å². The standard InChI is InChI=1S/C28H39NO/c1-9-21(4)26(27(30)29-22(5)28(6,7)8)20-18-23(10-2)17-19-25-16-14-12-13-15-24(25)11-3/h10,12-16,18,20-22,24H,2,9,11H2,1,3-8H3,(H,29,30). The second kappa shape index (κ2) is 12.2. The van der Waals surface area contributed by atoms with Crippen LogP contribution in [0.5, 0.6) is 0 Å². The van der Waals surface area contributed by atoms with Crippen LogP contribution in [0.2, 0.25) is 0 Å². The lowest BCUT2D eigenvalue weighted by molar-refractivity contribution is -0.119. The fourth-order valence-corrected chi connectivity index (χ4v) is 2.80. The zero-order chi connectivity index (χ0) is 22.7. The summed E-state index contributed by atoms with van der Waals surface area (Å²) in [6, 6.07) is 0.0781. The molecule has 0 fully saturated rings. The van der Waals surface area contributed by atoms with E-state index < -0.39 is 0 Å². The Morgan fingerprint density at radius 2 is 1.90 bits per heavy atom. The third kappa shape index (κ3) is 8.07. The van der Waals surface area contributed by atoms with Gasteiger partial charge in [0.1, 0.15) is 0 Å². The lowest BCUT2D eigenvalue weighted by atomic mass is 9.87. The summed E-state index contributed by atoms with van der Waals surface area (Å²) in [6.45, 7) is 18.7. The molecule has 0 aliphatic heterocycles. The number of nitrogens with one attached hydrogen (secondary N) is 1. The smallest absolute Gasteiger partial charge is 0.247 e. The van der Waals surface area contributed by atoms with Crippen molar-refractivity contribution >= 4 is 5.91 Å². The molecule has 1 rings (SSSR count). The lowest BCUT2D eigenvalue weighted by Gasteiger charge is -2.29. The number of amides is 1. The van der Waals surface area contributed by atoms with Crippen molar-refractivity contribution < 1.29 is 4.79 Å².